The summed E-state index contributed by atoms with van der Waals surface area (Å²) in [5.74, 6) is -2.17. The minimum atomic E-state index is -0.921. The van der Waals surface area contributed by atoms with Crippen molar-refractivity contribution in [3.05, 3.63) is 81.5 Å². The number of hydrogen-bond donors (Lipinski definition) is 0. The Morgan fingerprint density at radius 3 is 2.52 bits per heavy atom. The van der Waals surface area contributed by atoms with E-state index in [-0.39, 0.29) is 22.3 Å². The van der Waals surface area contributed by atoms with E-state index in [2.05, 4.69) is 0 Å². The summed E-state index contributed by atoms with van der Waals surface area (Å²) in [5.41, 5.74) is 0.987. The van der Waals surface area contributed by atoms with Crippen LogP contribution in [0.5, 0.6) is 0 Å². The van der Waals surface area contributed by atoms with Gasteiger partial charge in [0, 0.05) is 11.6 Å². The second-order valence-electron chi connectivity index (χ2n) is 5.48. The second kappa shape index (κ2) is 6.68. The lowest BCUT2D eigenvalue weighted by Gasteiger charge is -2.05. The van der Waals surface area contributed by atoms with Gasteiger partial charge in [-0.2, -0.15) is 0 Å². The first-order chi connectivity index (χ1) is 11.9. The van der Waals surface area contributed by atoms with Gasteiger partial charge in [-0.25, -0.2) is 9.18 Å². The molecule has 0 amide bonds. The molecule has 6 heteroatoms. The Kier molecular flexibility index (Phi) is 4.43. The Labute approximate surface area is 141 Å². The Hall–Kier alpha value is -3.28. The highest BCUT2D eigenvalue weighted by molar-refractivity contribution is 5.99. The molecule has 0 fully saturated rings. The highest BCUT2D eigenvalue weighted by Gasteiger charge is 2.16. The van der Waals surface area contributed by atoms with Gasteiger partial charge in [0.2, 0.25) is 5.76 Å². The largest absolute Gasteiger partial charge is 0.451 e. The number of benzene rings is 2. The van der Waals surface area contributed by atoms with Crippen molar-refractivity contribution in [1.82, 2.24) is 0 Å². The smallest absolute Gasteiger partial charge is 0.374 e. The first kappa shape index (κ1) is 16.6. The van der Waals surface area contributed by atoms with Gasteiger partial charge >= 0.3 is 5.97 Å². The van der Waals surface area contributed by atoms with E-state index in [1.54, 1.807) is 18.2 Å². The molecular formula is C19H13FO5. The molecule has 0 saturated carbocycles. The van der Waals surface area contributed by atoms with Gasteiger partial charge in [-0.05, 0) is 43.3 Å². The van der Waals surface area contributed by atoms with Crippen LogP contribution in [-0.2, 0) is 4.74 Å². The van der Waals surface area contributed by atoms with Gasteiger partial charge in [-0.3, -0.25) is 9.59 Å². The van der Waals surface area contributed by atoms with Gasteiger partial charge in [0.05, 0.1) is 5.39 Å². The molecule has 0 saturated heterocycles. The second-order valence-corrected chi connectivity index (χ2v) is 5.48. The fraction of sp³-hybridized carbons (Fsp3) is 0.105. The molecule has 0 radical (unpaired) electrons. The predicted molar refractivity (Wildman–Crippen MR) is 88.2 cm³/mol. The monoisotopic (exact) mass is 340 g/mol. The summed E-state index contributed by atoms with van der Waals surface area (Å²) >= 11 is 0. The van der Waals surface area contributed by atoms with Crippen molar-refractivity contribution in [2.75, 3.05) is 6.61 Å². The summed E-state index contributed by atoms with van der Waals surface area (Å²) in [5, 5.41) is 0.360. The van der Waals surface area contributed by atoms with Gasteiger partial charge in [-0.1, -0.05) is 11.6 Å². The summed E-state index contributed by atoms with van der Waals surface area (Å²) in [6, 6.07) is 10.9. The molecule has 5 nitrogen and oxygen atoms in total. The molecule has 0 atom stereocenters. The molecule has 1 aromatic heterocycles. The van der Waals surface area contributed by atoms with Crippen LogP contribution >= 0.6 is 0 Å². The number of Topliss-reactive ketones (excluding diaryl/α,β-unsaturated/α-hetero) is 1. The SMILES string of the molecule is Cc1ccc2oc(C(=O)OCC(=O)c3ccc(F)cc3)cc(=O)c2c1. The Balaban J connectivity index is 1.76. The highest BCUT2D eigenvalue weighted by Crippen LogP contribution is 2.15. The molecule has 0 aliphatic heterocycles. The number of carbonyl (C=O) groups excluding carboxylic acids is 2. The Morgan fingerprint density at radius 1 is 1.08 bits per heavy atom. The van der Waals surface area contributed by atoms with Crippen LogP contribution < -0.4 is 5.43 Å². The molecule has 25 heavy (non-hydrogen) atoms. The Bertz CT molecular complexity index is 1020. The van der Waals surface area contributed by atoms with Crippen molar-refractivity contribution in [2.45, 2.75) is 6.92 Å². The average molecular weight is 340 g/mol. The minimum Gasteiger partial charge on any atom is -0.451 e. The lowest BCUT2D eigenvalue weighted by Crippen LogP contribution is -2.16. The molecule has 0 spiro atoms. The zero-order chi connectivity index (χ0) is 18.0. The standard InChI is InChI=1S/C19H13FO5/c1-11-2-7-17-14(8-11)15(21)9-18(25-17)19(23)24-10-16(22)12-3-5-13(20)6-4-12/h2-9H,10H2,1H3. The van der Waals surface area contributed by atoms with Gasteiger partial charge in [0.1, 0.15) is 11.4 Å². The lowest BCUT2D eigenvalue weighted by molar-refractivity contribution is 0.0444. The first-order valence-electron chi connectivity index (χ1n) is 7.44. The predicted octanol–water partition coefficient (Wildman–Crippen LogP) is 3.28. The summed E-state index contributed by atoms with van der Waals surface area (Å²) in [6.45, 7) is 1.29. The number of halogens is 1. The molecule has 1 heterocycles. The molecular weight excluding hydrogens is 327 g/mol. The summed E-state index contributed by atoms with van der Waals surface area (Å²) in [4.78, 5) is 36.0. The summed E-state index contributed by atoms with van der Waals surface area (Å²) < 4.78 is 23.1. The van der Waals surface area contributed by atoms with E-state index in [4.69, 9.17) is 9.15 Å². The maximum atomic E-state index is 12.8. The molecule has 0 N–H and O–H groups in total. The number of ether oxygens (including phenoxy) is 1. The number of carbonyl (C=O) groups is 2. The summed E-state index contributed by atoms with van der Waals surface area (Å²) in [6.07, 6.45) is 0. The molecule has 126 valence electrons. The van der Waals surface area contributed by atoms with Crippen LogP contribution in [0.1, 0.15) is 26.5 Å². The fourth-order valence-electron chi connectivity index (χ4n) is 2.29. The van der Waals surface area contributed by atoms with Crippen LogP contribution in [-0.4, -0.2) is 18.4 Å². The number of fused-ring (bicyclic) bond motifs is 1. The first-order valence-corrected chi connectivity index (χ1v) is 7.44. The van der Waals surface area contributed by atoms with Crippen molar-refractivity contribution in [1.29, 1.82) is 0 Å². The molecule has 2 aromatic carbocycles. The normalized spacial score (nSPS) is 10.6. The van der Waals surface area contributed by atoms with Gasteiger partial charge in [0.25, 0.3) is 0 Å². The van der Waals surface area contributed by atoms with E-state index in [0.29, 0.717) is 5.39 Å². The Morgan fingerprint density at radius 2 is 1.80 bits per heavy atom. The average Bonchev–Trinajstić information content (AvgIpc) is 2.60. The van der Waals surface area contributed by atoms with Crippen LogP contribution in [0.4, 0.5) is 4.39 Å². The number of aryl methyl sites for hydroxylation is 1. The third kappa shape index (κ3) is 3.63. The number of hydrogen-bond acceptors (Lipinski definition) is 5. The van der Waals surface area contributed by atoms with E-state index >= 15 is 0 Å². The zero-order valence-corrected chi connectivity index (χ0v) is 13.2. The molecule has 0 aliphatic rings. The van der Waals surface area contributed by atoms with Crippen LogP contribution in [0.2, 0.25) is 0 Å². The van der Waals surface area contributed by atoms with Crippen molar-refractivity contribution in [3.8, 4) is 0 Å². The maximum Gasteiger partial charge on any atom is 0.374 e. The van der Waals surface area contributed by atoms with Crippen molar-refractivity contribution < 1.29 is 23.1 Å². The van der Waals surface area contributed by atoms with E-state index in [1.165, 1.54) is 12.1 Å². The van der Waals surface area contributed by atoms with Gasteiger partial charge in [-0.15, -0.1) is 0 Å². The van der Waals surface area contributed by atoms with E-state index < -0.39 is 24.2 Å². The van der Waals surface area contributed by atoms with Gasteiger partial charge < -0.3 is 9.15 Å². The van der Waals surface area contributed by atoms with Crippen molar-refractivity contribution >= 4 is 22.7 Å². The molecule has 0 aliphatic carbocycles. The lowest BCUT2D eigenvalue weighted by atomic mass is 10.1. The minimum absolute atomic E-state index is 0.213. The van der Waals surface area contributed by atoms with Crippen LogP contribution in [0.25, 0.3) is 11.0 Å². The third-order valence-corrected chi connectivity index (χ3v) is 3.58. The number of rotatable bonds is 4. The molecule has 3 rings (SSSR count). The third-order valence-electron chi connectivity index (χ3n) is 3.58. The van der Waals surface area contributed by atoms with Gasteiger partial charge in [0.15, 0.2) is 17.8 Å². The zero-order valence-electron chi connectivity index (χ0n) is 13.2. The van der Waals surface area contributed by atoms with Crippen LogP contribution in [0, 0.1) is 12.7 Å². The quantitative estimate of drug-likeness (QED) is 0.538. The van der Waals surface area contributed by atoms with E-state index in [1.807, 2.05) is 6.92 Å². The van der Waals surface area contributed by atoms with E-state index in [9.17, 15) is 18.8 Å². The van der Waals surface area contributed by atoms with Crippen LogP contribution in [0.15, 0.2) is 57.7 Å². The highest BCUT2D eigenvalue weighted by atomic mass is 19.1. The molecule has 0 bridgehead atoms. The summed E-state index contributed by atoms with van der Waals surface area (Å²) in [7, 11) is 0. The fourth-order valence-corrected chi connectivity index (χ4v) is 2.29. The topological polar surface area (TPSA) is 73.6 Å². The van der Waals surface area contributed by atoms with Crippen molar-refractivity contribution in [2.24, 2.45) is 0 Å². The number of ketones is 1. The van der Waals surface area contributed by atoms with Crippen molar-refractivity contribution in [3.63, 3.8) is 0 Å². The maximum absolute atomic E-state index is 12.8. The molecule has 0 unspecified atom stereocenters. The van der Waals surface area contributed by atoms with Crippen LogP contribution in [0.3, 0.4) is 0 Å². The number of esters is 1. The van der Waals surface area contributed by atoms with E-state index in [0.717, 1.165) is 23.8 Å². The molecule has 3 aromatic rings.